The molecular weight excluding hydrogens is 252 g/mol. The lowest BCUT2D eigenvalue weighted by Crippen LogP contribution is -2.11. The molecule has 0 atom stereocenters. The summed E-state index contributed by atoms with van der Waals surface area (Å²) < 4.78 is 0. The molecule has 1 amide bonds. The molecule has 2 heterocycles. The van der Waals surface area contributed by atoms with Gasteiger partial charge in [0.25, 0.3) is 5.91 Å². The van der Waals surface area contributed by atoms with Gasteiger partial charge in [0.05, 0.1) is 10.6 Å². The summed E-state index contributed by atoms with van der Waals surface area (Å²) in [6.07, 6.45) is 0. The van der Waals surface area contributed by atoms with Crippen LogP contribution >= 0.6 is 22.7 Å². The Bertz CT molecular complexity index is 528. The summed E-state index contributed by atoms with van der Waals surface area (Å²) in [6.45, 7) is 6.11. The first kappa shape index (κ1) is 12.3. The first-order valence-electron chi connectivity index (χ1n) is 5.39. The molecule has 3 nitrogen and oxygen atoms in total. The zero-order chi connectivity index (χ0) is 12.4. The van der Waals surface area contributed by atoms with Gasteiger partial charge in [-0.15, -0.1) is 22.7 Å². The molecule has 0 aliphatic rings. The van der Waals surface area contributed by atoms with Crippen molar-refractivity contribution >= 4 is 33.7 Å². The predicted molar refractivity (Wildman–Crippen MR) is 73.2 cm³/mol. The van der Waals surface area contributed by atoms with Crippen molar-refractivity contribution in [2.24, 2.45) is 0 Å². The summed E-state index contributed by atoms with van der Waals surface area (Å²) in [7, 11) is 0. The average molecular weight is 266 g/mol. The topological polar surface area (TPSA) is 42.0 Å². The van der Waals surface area contributed by atoms with Gasteiger partial charge in [-0.2, -0.15) is 0 Å². The lowest BCUT2D eigenvalue weighted by Gasteiger charge is -2.00. The van der Waals surface area contributed by atoms with Crippen molar-refractivity contribution in [2.75, 3.05) is 5.32 Å². The largest absolute Gasteiger partial charge is 0.297 e. The van der Waals surface area contributed by atoms with E-state index in [1.165, 1.54) is 22.7 Å². The second-order valence-corrected chi connectivity index (χ2v) is 5.89. The van der Waals surface area contributed by atoms with Gasteiger partial charge in [0.15, 0.2) is 5.13 Å². The third kappa shape index (κ3) is 2.73. The standard InChI is InChI=1S/C12H14N2OS2/c1-7(2)9-6-17-12(13-9)14-11(15)10-8(3)4-5-16-10/h4-7H,1-3H3,(H,13,14,15). The van der Waals surface area contributed by atoms with E-state index < -0.39 is 0 Å². The summed E-state index contributed by atoms with van der Waals surface area (Å²) in [4.78, 5) is 17.1. The van der Waals surface area contributed by atoms with Crippen molar-refractivity contribution in [3.05, 3.63) is 33.0 Å². The molecule has 17 heavy (non-hydrogen) atoms. The Morgan fingerprint density at radius 1 is 1.41 bits per heavy atom. The molecule has 0 unspecified atom stereocenters. The molecule has 90 valence electrons. The highest BCUT2D eigenvalue weighted by molar-refractivity contribution is 7.14. The molecule has 0 spiro atoms. The highest BCUT2D eigenvalue weighted by atomic mass is 32.1. The number of thiophene rings is 1. The van der Waals surface area contributed by atoms with Crippen molar-refractivity contribution in [1.29, 1.82) is 0 Å². The van der Waals surface area contributed by atoms with E-state index in [-0.39, 0.29) is 5.91 Å². The highest BCUT2D eigenvalue weighted by Gasteiger charge is 2.13. The van der Waals surface area contributed by atoms with E-state index in [4.69, 9.17) is 0 Å². The van der Waals surface area contributed by atoms with Crippen LogP contribution in [-0.2, 0) is 0 Å². The molecule has 0 aromatic carbocycles. The van der Waals surface area contributed by atoms with E-state index in [2.05, 4.69) is 24.1 Å². The maximum Gasteiger partial charge on any atom is 0.267 e. The van der Waals surface area contributed by atoms with E-state index in [0.717, 1.165) is 16.1 Å². The van der Waals surface area contributed by atoms with Crippen LogP contribution in [0.15, 0.2) is 16.8 Å². The molecule has 5 heteroatoms. The fraction of sp³-hybridized carbons (Fsp3) is 0.333. The molecular formula is C12H14N2OS2. The third-order valence-corrected chi connectivity index (χ3v) is 4.19. The van der Waals surface area contributed by atoms with Crippen LogP contribution in [0.2, 0.25) is 0 Å². The molecule has 0 radical (unpaired) electrons. The zero-order valence-electron chi connectivity index (χ0n) is 9.98. The number of carbonyl (C=O) groups excluding carboxylic acids is 1. The number of nitrogens with one attached hydrogen (secondary N) is 1. The van der Waals surface area contributed by atoms with Gasteiger partial charge in [-0.3, -0.25) is 10.1 Å². The second kappa shape index (κ2) is 4.98. The van der Waals surface area contributed by atoms with Crippen molar-refractivity contribution in [3.63, 3.8) is 0 Å². The molecule has 0 bridgehead atoms. The lowest BCUT2D eigenvalue weighted by molar-refractivity contribution is 0.103. The minimum atomic E-state index is -0.0674. The predicted octanol–water partition coefficient (Wildman–Crippen LogP) is 3.89. The summed E-state index contributed by atoms with van der Waals surface area (Å²) in [5, 5.41) is 7.42. The first-order chi connectivity index (χ1) is 8.08. The molecule has 0 aliphatic heterocycles. The van der Waals surface area contributed by atoms with E-state index >= 15 is 0 Å². The number of nitrogens with zero attached hydrogens (tertiary/aromatic N) is 1. The van der Waals surface area contributed by atoms with Crippen LogP contribution in [0.4, 0.5) is 5.13 Å². The maximum absolute atomic E-state index is 11.9. The Balaban J connectivity index is 2.11. The Labute approximate surface area is 109 Å². The molecule has 2 aromatic heterocycles. The Morgan fingerprint density at radius 2 is 2.18 bits per heavy atom. The number of aromatic nitrogens is 1. The summed E-state index contributed by atoms with van der Waals surface area (Å²) in [6, 6.07) is 1.95. The average Bonchev–Trinajstić information content (AvgIpc) is 2.86. The molecule has 1 N–H and O–H groups in total. The van der Waals surface area contributed by atoms with E-state index in [1.54, 1.807) is 0 Å². The van der Waals surface area contributed by atoms with E-state index in [0.29, 0.717) is 11.0 Å². The van der Waals surface area contributed by atoms with Crippen molar-refractivity contribution in [1.82, 2.24) is 4.98 Å². The minimum absolute atomic E-state index is 0.0674. The number of hydrogen-bond donors (Lipinski definition) is 1. The van der Waals surface area contributed by atoms with Crippen molar-refractivity contribution in [3.8, 4) is 0 Å². The van der Waals surface area contributed by atoms with Gasteiger partial charge in [-0.1, -0.05) is 13.8 Å². The number of carbonyl (C=O) groups is 1. The Morgan fingerprint density at radius 3 is 2.71 bits per heavy atom. The van der Waals surface area contributed by atoms with Crippen LogP contribution in [0.5, 0.6) is 0 Å². The quantitative estimate of drug-likeness (QED) is 0.915. The smallest absolute Gasteiger partial charge is 0.267 e. The number of aryl methyl sites for hydroxylation is 1. The van der Waals surface area contributed by atoms with Gasteiger partial charge in [0, 0.05) is 5.38 Å². The van der Waals surface area contributed by atoms with Gasteiger partial charge in [-0.25, -0.2) is 4.98 Å². The summed E-state index contributed by atoms with van der Waals surface area (Å²) in [5.41, 5.74) is 2.03. The van der Waals surface area contributed by atoms with Crippen LogP contribution in [-0.4, -0.2) is 10.9 Å². The maximum atomic E-state index is 11.9. The number of thiazole rings is 1. The lowest BCUT2D eigenvalue weighted by atomic mass is 10.2. The molecule has 2 rings (SSSR count). The van der Waals surface area contributed by atoms with Gasteiger partial charge < -0.3 is 0 Å². The molecule has 0 fully saturated rings. The van der Waals surface area contributed by atoms with Crippen LogP contribution in [0, 0.1) is 6.92 Å². The van der Waals surface area contributed by atoms with Crippen LogP contribution < -0.4 is 5.32 Å². The Hall–Kier alpha value is -1.20. The van der Waals surface area contributed by atoms with Crippen LogP contribution in [0.1, 0.15) is 40.7 Å². The number of hydrogen-bond acceptors (Lipinski definition) is 4. The molecule has 2 aromatic rings. The monoisotopic (exact) mass is 266 g/mol. The van der Waals surface area contributed by atoms with Crippen molar-refractivity contribution < 1.29 is 4.79 Å². The van der Waals surface area contributed by atoms with Gasteiger partial charge in [0.2, 0.25) is 0 Å². The first-order valence-corrected chi connectivity index (χ1v) is 7.14. The zero-order valence-corrected chi connectivity index (χ0v) is 11.6. The number of rotatable bonds is 3. The number of amides is 1. The number of anilines is 1. The van der Waals surface area contributed by atoms with Crippen LogP contribution in [0.3, 0.4) is 0 Å². The van der Waals surface area contributed by atoms with Gasteiger partial charge in [0.1, 0.15) is 0 Å². The van der Waals surface area contributed by atoms with E-state index in [1.807, 2.05) is 23.8 Å². The van der Waals surface area contributed by atoms with Crippen LogP contribution in [0.25, 0.3) is 0 Å². The normalized spacial score (nSPS) is 10.8. The van der Waals surface area contributed by atoms with E-state index in [9.17, 15) is 4.79 Å². The fourth-order valence-electron chi connectivity index (χ4n) is 1.37. The second-order valence-electron chi connectivity index (χ2n) is 4.12. The summed E-state index contributed by atoms with van der Waals surface area (Å²) >= 11 is 2.93. The molecule has 0 saturated heterocycles. The SMILES string of the molecule is Cc1ccsc1C(=O)Nc1nc(C(C)C)cs1. The minimum Gasteiger partial charge on any atom is -0.297 e. The third-order valence-electron chi connectivity index (χ3n) is 2.40. The van der Waals surface area contributed by atoms with Gasteiger partial charge in [-0.05, 0) is 29.9 Å². The fourth-order valence-corrected chi connectivity index (χ4v) is 3.06. The van der Waals surface area contributed by atoms with Crippen molar-refractivity contribution in [2.45, 2.75) is 26.7 Å². The highest BCUT2D eigenvalue weighted by Crippen LogP contribution is 2.23. The molecule has 0 aliphatic carbocycles. The Kier molecular flexibility index (Phi) is 3.59. The molecule has 0 saturated carbocycles. The summed E-state index contributed by atoms with van der Waals surface area (Å²) in [5.74, 6) is 0.322. The van der Waals surface area contributed by atoms with Gasteiger partial charge >= 0.3 is 0 Å².